The second-order valence-electron chi connectivity index (χ2n) is 8.53. The molecule has 2 atom stereocenters. The van der Waals surface area contributed by atoms with Gasteiger partial charge in [0.1, 0.15) is 11.4 Å². The van der Waals surface area contributed by atoms with Gasteiger partial charge >= 0.3 is 6.09 Å². The molecule has 2 amide bonds. The number of ether oxygens (including phenoxy) is 1. The summed E-state index contributed by atoms with van der Waals surface area (Å²) in [6.45, 7) is 6.86. The number of amides is 2. The van der Waals surface area contributed by atoms with Gasteiger partial charge in [0.15, 0.2) is 0 Å². The summed E-state index contributed by atoms with van der Waals surface area (Å²) in [5.74, 6) is -0.725. The Morgan fingerprint density at radius 1 is 1.21 bits per heavy atom. The van der Waals surface area contributed by atoms with Crippen LogP contribution in [0.1, 0.15) is 26.3 Å². The molecule has 2 saturated heterocycles. The largest absolute Gasteiger partial charge is 0.444 e. The predicted octanol–water partition coefficient (Wildman–Crippen LogP) is 2.23. The summed E-state index contributed by atoms with van der Waals surface area (Å²) in [7, 11) is 0. The van der Waals surface area contributed by atoms with Crippen LogP contribution in [0.5, 0.6) is 0 Å². The lowest BCUT2D eigenvalue weighted by Gasteiger charge is -2.26. The number of carbonyl (C=O) groups excluding carboxylic acids is 2. The monoisotopic (exact) mass is 401 g/mol. The zero-order chi connectivity index (χ0) is 20.8. The minimum Gasteiger partial charge on any atom is -0.444 e. The maximum Gasteiger partial charge on any atom is 0.410 e. The molecule has 2 fully saturated rings. The molecule has 3 heterocycles. The van der Waals surface area contributed by atoms with Gasteiger partial charge in [0.05, 0.1) is 30.5 Å². The van der Waals surface area contributed by atoms with Crippen molar-refractivity contribution in [3.63, 3.8) is 0 Å². The number of aromatic nitrogens is 3. The van der Waals surface area contributed by atoms with E-state index in [1.165, 1.54) is 23.3 Å². The van der Waals surface area contributed by atoms with Crippen molar-refractivity contribution >= 4 is 12.0 Å². The van der Waals surface area contributed by atoms with E-state index >= 15 is 0 Å². The maximum absolute atomic E-state index is 14.6. The quantitative estimate of drug-likeness (QED) is 0.788. The molecule has 1 aromatic carbocycles. The molecule has 2 aliphatic rings. The average Bonchev–Trinajstić information content (AvgIpc) is 3.34. The Kier molecular flexibility index (Phi) is 4.76. The minimum atomic E-state index is -0.577. The summed E-state index contributed by atoms with van der Waals surface area (Å²) in [4.78, 5) is 29.9. The summed E-state index contributed by atoms with van der Waals surface area (Å²) in [6, 6.07) is 4.69. The number of likely N-dealkylation sites (tertiary alicyclic amines) is 2. The predicted molar refractivity (Wildman–Crippen MR) is 102 cm³/mol. The number of carbonyl (C=O) groups is 2. The van der Waals surface area contributed by atoms with Gasteiger partial charge in [-0.2, -0.15) is 15.0 Å². The zero-order valence-electron chi connectivity index (χ0n) is 16.7. The van der Waals surface area contributed by atoms with Gasteiger partial charge in [0, 0.05) is 31.1 Å². The summed E-state index contributed by atoms with van der Waals surface area (Å²) in [5, 5.41) is 8.15. The van der Waals surface area contributed by atoms with Crippen molar-refractivity contribution in [1.29, 1.82) is 0 Å². The Morgan fingerprint density at radius 2 is 1.93 bits per heavy atom. The van der Waals surface area contributed by atoms with Gasteiger partial charge in [0.25, 0.3) is 0 Å². The first-order valence-corrected chi connectivity index (χ1v) is 9.64. The van der Waals surface area contributed by atoms with Gasteiger partial charge in [-0.15, -0.1) is 0 Å². The second kappa shape index (κ2) is 7.13. The van der Waals surface area contributed by atoms with Crippen LogP contribution in [0.15, 0.2) is 30.6 Å². The molecule has 9 heteroatoms. The molecule has 0 bridgehead atoms. The fourth-order valence-electron chi connectivity index (χ4n) is 3.98. The summed E-state index contributed by atoms with van der Waals surface area (Å²) >= 11 is 0. The molecule has 8 nitrogen and oxygen atoms in total. The van der Waals surface area contributed by atoms with Crippen molar-refractivity contribution in [2.75, 3.05) is 19.6 Å². The lowest BCUT2D eigenvalue weighted by molar-refractivity contribution is -0.131. The molecule has 4 rings (SSSR count). The smallest absolute Gasteiger partial charge is 0.410 e. The van der Waals surface area contributed by atoms with E-state index in [0.717, 1.165) is 0 Å². The van der Waals surface area contributed by atoms with Gasteiger partial charge in [-0.1, -0.05) is 6.07 Å². The van der Waals surface area contributed by atoms with E-state index < -0.39 is 17.5 Å². The van der Waals surface area contributed by atoms with E-state index in [9.17, 15) is 14.0 Å². The number of hydrogen-bond donors (Lipinski definition) is 0. The molecule has 1 aromatic heterocycles. The third kappa shape index (κ3) is 3.81. The van der Waals surface area contributed by atoms with E-state index in [2.05, 4.69) is 10.2 Å². The lowest BCUT2D eigenvalue weighted by atomic mass is 10.0. The molecule has 0 unspecified atom stereocenters. The summed E-state index contributed by atoms with van der Waals surface area (Å²) < 4.78 is 20.0. The van der Waals surface area contributed by atoms with Crippen LogP contribution in [0, 0.1) is 17.7 Å². The van der Waals surface area contributed by atoms with Gasteiger partial charge in [-0.25, -0.2) is 9.18 Å². The van der Waals surface area contributed by atoms with E-state index in [4.69, 9.17) is 4.74 Å². The molecule has 2 aromatic rings. The normalized spacial score (nSPS) is 21.6. The molecular weight excluding hydrogens is 377 g/mol. The molecule has 0 saturated carbocycles. The molecule has 154 valence electrons. The first-order chi connectivity index (χ1) is 13.7. The van der Waals surface area contributed by atoms with Crippen LogP contribution in [0.4, 0.5) is 9.18 Å². The highest BCUT2D eigenvalue weighted by molar-refractivity contribution is 5.83. The van der Waals surface area contributed by atoms with E-state index in [1.807, 2.05) is 20.8 Å². The van der Waals surface area contributed by atoms with Crippen LogP contribution in [-0.4, -0.2) is 62.0 Å². The Balaban J connectivity index is 1.47. The van der Waals surface area contributed by atoms with E-state index in [0.29, 0.717) is 30.9 Å². The third-order valence-corrected chi connectivity index (χ3v) is 5.25. The highest BCUT2D eigenvalue weighted by Gasteiger charge is 2.48. The Hall–Kier alpha value is -2.97. The fourth-order valence-corrected chi connectivity index (χ4v) is 3.98. The Bertz CT molecular complexity index is 925. The molecule has 0 aliphatic carbocycles. The van der Waals surface area contributed by atoms with Crippen LogP contribution in [0.3, 0.4) is 0 Å². The van der Waals surface area contributed by atoms with Gasteiger partial charge in [-0.3, -0.25) is 4.79 Å². The van der Waals surface area contributed by atoms with E-state index in [-0.39, 0.29) is 24.3 Å². The van der Waals surface area contributed by atoms with Crippen molar-refractivity contribution in [3.05, 3.63) is 42.0 Å². The first-order valence-electron chi connectivity index (χ1n) is 9.64. The molecule has 2 aliphatic heterocycles. The molecule has 0 spiro atoms. The number of fused-ring (bicyclic) bond motifs is 1. The molecule has 0 N–H and O–H groups in total. The Morgan fingerprint density at radius 3 is 2.59 bits per heavy atom. The SMILES string of the molecule is CC(C)(C)OC(=O)N1C[C@@H]2CN(Cc3c(F)cccc3-n3nccn3)C(=O)[C@@H]2C1. The number of hydrogen-bond acceptors (Lipinski definition) is 5. The highest BCUT2D eigenvalue weighted by atomic mass is 19.1. The van der Waals surface area contributed by atoms with Crippen molar-refractivity contribution in [2.45, 2.75) is 32.9 Å². The van der Waals surface area contributed by atoms with Crippen LogP contribution < -0.4 is 0 Å². The van der Waals surface area contributed by atoms with Crippen molar-refractivity contribution in [3.8, 4) is 5.69 Å². The van der Waals surface area contributed by atoms with Gasteiger partial charge < -0.3 is 14.5 Å². The Labute approximate surface area is 168 Å². The van der Waals surface area contributed by atoms with Crippen LogP contribution in [-0.2, 0) is 16.1 Å². The van der Waals surface area contributed by atoms with Crippen LogP contribution >= 0.6 is 0 Å². The van der Waals surface area contributed by atoms with Crippen molar-refractivity contribution in [2.24, 2.45) is 11.8 Å². The summed E-state index contributed by atoms with van der Waals surface area (Å²) in [5.41, 5.74) is 0.309. The van der Waals surface area contributed by atoms with Crippen molar-refractivity contribution in [1.82, 2.24) is 24.8 Å². The average molecular weight is 401 g/mol. The minimum absolute atomic E-state index is 0.0214. The third-order valence-electron chi connectivity index (χ3n) is 5.25. The standard InChI is InChI=1S/C20H24FN5O3/c1-20(2,3)29-19(28)25-10-13-9-24(18(27)14(13)11-25)12-15-16(21)5-4-6-17(15)26-22-7-8-23-26/h4-8,13-14H,9-12H2,1-3H3/t13-,14+/m0/s1. The maximum atomic E-state index is 14.6. The second-order valence-corrected chi connectivity index (χ2v) is 8.53. The fraction of sp³-hybridized carbons (Fsp3) is 0.500. The lowest BCUT2D eigenvalue weighted by Crippen LogP contribution is -2.38. The van der Waals surface area contributed by atoms with Crippen molar-refractivity contribution < 1.29 is 18.7 Å². The molecule has 0 radical (unpaired) electrons. The topological polar surface area (TPSA) is 80.6 Å². The highest BCUT2D eigenvalue weighted by Crippen LogP contribution is 2.34. The number of benzene rings is 1. The van der Waals surface area contributed by atoms with Gasteiger partial charge in [-0.05, 0) is 32.9 Å². The summed E-state index contributed by atoms with van der Waals surface area (Å²) in [6.07, 6.45) is 2.64. The zero-order valence-corrected chi connectivity index (χ0v) is 16.7. The molecular formula is C20H24FN5O3. The molecule has 29 heavy (non-hydrogen) atoms. The first kappa shape index (κ1) is 19.4. The van der Waals surface area contributed by atoms with Gasteiger partial charge in [0.2, 0.25) is 5.91 Å². The van der Waals surface area contributed by atoms with E-state index in [1.54, 1.807) is 21.9 Å². The van der Waals surface area contributed by atoms with Crippen LogP contribution in [0.25, 0.3) is 5.69 Å². The van der Waals surface area contributed by atoms with Crippen LogP contribution in [0.2, 0.25) is 0 Å². The number of halogens is 1. The number of rotatable bonds is 3. The number of nitrogens with zero attached hydrogens (tertiary/aromatic N) is 5.